The fraction of sp³-hybridized carbons (Fsp3) is 0.900. The molecule has 0 aromatic rings. The zero-order valence-corrected chi connectivity index (χ0v) is 9.72. The van der Waals surface area contributed by atoms with Gasteiger partial charge in [-0.1, -0.05) is 0 Å². The van der Waals surface area contributed by atoms with Crippen molar-refractivity contribution < 1.29 is 14.3 Å². The van der Waals surface area contributed by atoms with Crippen LogP contribution in [0, 0.1) is 5.41 Å². The van der Waals surface area contributed by atoms with Crippen molar-refractivity contribution in [3.05, 3.63) is 0 Å². The molecule has 0 saturated carbocycles. The van der Waals surface area contributed by atoms with Gasteiger partial charge in [0, 0.05) is 20.2 Å². The third-order valence-corrected chi connectivity index (χ3v) is 2.14. The van der Waals surface area contributed by atoms with Crippen molar-refractivity contribution in [2.24, 2.45) is 5.41 Å². The molecule has 0 saturated heterocycles. The van der Waals surface area contributed by atoms with Gasteiger partial charge in [0.1, 0.15) is 0 Å². The molecule has 0 radical (unpaired) electrons. The summed E-state index contributed by atoms with van der Waals surface area (Å²) in [6.07, 6.45) is 0.156. The van der Waals surface area contributed by atoms with Crippen LogP contribution in [-0.2, 0) is 14.3 Å². The number of nitrogens with one attached hydrogen (secondary N) is 1. The molecule has 0 aromatic heterocycles. The first kappa shape index (κ1) is 13.4. The van der Waals surface area contributed by atoms with Crippen LogP contribution in [0.1, 0.15) is 20.8 Å². The van der Waals surface area contributed by atoms with E-state index in [1.165, 1.54) is 7.11 Å². The number of hydrogen-bond acceptors (Lipinski definition) is 4. The van der Waals surface area contributed by atoms with Crippen molar-refractivity contribution in [3.63, 3.8) is 0 Å². The first-order valence-electron chi connectivity index (χ1n) is 4.76. The highest BCUT2D eigenvalue weighted by molar-refractivity contribution is 5.76. The van der Waals surface area contributed by atoms with Gasteiger partial charge in [0.05, 0.1) is 18.6 Å². The van der Waals surface area contributed by atoms with Crippen LogP contribution in [0.25, 0.3) is 0 Å². The number of ether oxygens (including phenoxy) is 2. The average molecular weight is 203 g/mol. The summed E-state index contributed by atoms with van der Waals surface area (Å²) in [5.74, 6) is -0.199. The fourth-order valence-electron chi connectivity index (χ4n) is 1.02. The van der Waals surface area contributed by atoms with Gasteiger partial charge in [0.25, 0.3) is 0 Å². The van der Waals surface area contributed by atoms with Crippen molar-refractivity contribution >= 4 is 5.97 Å². The maximum absolute atomic E-state index is 11.3. The molecular formula is C10H21NO3. The second-order valence-corrected chi connectivity index (χ2v) is 4.05. The molecule has 1 atom stereocenters. The third kappa shape index (κ3) is 4.58. The Bertz CT molecular complexity index is 180. The number of carbonyl (C=O) groups excluding carboxylic acids is 1. The third-order valence-electron chi connectivity index (χ3n) is 2.14. The summed E-state index contributed by atoms with van der Waals surface area (Å²) in [7, 11) is 3.07. The van der Waals surface area contributed by atoms with Gasteiger partial charge in [-0.2, -0.15) is 0 Å². The Hall–Kier alpha value is -0.610. The van der Waals surface area contributed by atoms with E-state index in [4.69, 9.17) is 4.74 Å². The molecule has 0 spiro atoms. The lowest BCUT2D eigenvalue weighted by atomic mass is 9.94. The summed E-state index contributed by atoms with van der Waals surface area (Å²) >= 11 is 0. The smallest absolute Gasteiger partial charge is 0.312 e. The first-order valence-corrected chi connectivity index (χ1v) is 4.76. The summed E-state index contributed by atoms with van der Waals surface area (Å²) in [5.41, 5.74) is -0.484. The quantitative estimate of drug-likeness (QED) is 0.649. The van der Waals surface area contributed by atoms with Crippen LogP contribution in [0.15, 0.2) is 0 Å². The minimum absolute atomic E-state index is 0.156. The van der Waals surface area contributed by atoms with E-state index in [1.54, 1.807) is 7.11 Å². The largest absolute Gasteiger partial charge is 0.469 e. The molecule has 0 fully saturated rings. The summed E-state index contributed by atoms with van der Waals surface area (Å²) in [6, 6.07) is 0. The molecule has 14 heavy (non-hydrogen) atoms. The van der Waals surface area contributed by atoms with Gasteiger partial charge < -0.3 is 14.8 Å². The average Bonchev–Trinajstić information content (AvgIpc) is 2.15. The van der Waals surface area contributed by atoms with E-state index in [9.17, 15) is 4.79 Å². The Labute approximate surface area is 86.0 Å². The normalized spacial score (nSPS) is 13.8. The van der Waals surface area contributed by atoms with E-state index in [0.29, 0.717) is 6.54 Å². The summed E-state index contributed by atoms with van der Waals surface area (Å²) in [6.45, 7) is 7.00. The Morgan fingerprint density at radius 2 is 2.00 bits per heavy atom. The fourth-order valence-corrected chi connectivity index (χ4v) is 1.02. The molecule has 4 heteroatoms. The molecule has 84 valence electrons. The van der Waals surface area contributed by atoms with Gasteiger partial charge in [0.2, 0.25) is 0 Å². The molecule has 0 aliphatic heterocycles. The minimum atomic E-state index is -0.484. The van der Waals surface area contributed by atoms with Crippen molar-refractivity contribution in [2.75, 3.05) is 27.3 Å². The van der Waals surface area contributed by atoms with Gasteiger partial charge in [-0.3, -0.25) is 4.79 Å². The first-order chi connectivity index (χ1) is 6.44. The lowest BCUT2D eigenvalue weighted by Gasteiger charge is -2.22. The Morgan fingerprint density at radius 3 is 2.43 bits per heavy atom. The van der Waals surface area contributed by atoms with Gasteiger partial charge in [-0.25, -0.2) is 0 Å². The van der Waals surface area contributed by atoms with E-state index >= 15 is 0 Å². The molecule has 1 unspecified atom stereocenters. The van der Waals surface area contributed by atoms with E-state index in [1.807, 2.05) is 20.8 Å². The predicted octanol–water partition coefficient (Wildman–Crippen LogP) is 0.810. The Kier molecular flexibility index (Phi) is 5.72. The minimum Gasteiger partial charge on any atom is -0.469 e. The van der Waals surface area contributed by atoms with Crippen molar-refractivity contribution in [1.29, 1.82) is 0 Å². The summed E-state index contributed by atoms with van der Waals surface area (Å²) < 4.78 is 9.76. The molecule has 0 aliphatic rings. The van der Waals surface area contributed by atoms with Crippen molar-refractivity contribution in [3.8, 4) is 0 Å². The van der Waals surface area contributed by atoms with Crippen LogP contribution in [0.5, 0.6) is 0 Å². The molecule has 0 amide bonds. The van der Waals surface area contributed by atoms with Gasteiger partial charge in [0.15, 0.2) is 0 Å². The van der Waals surface area contributed by atoms with Gasteiger partial charge >= 0.3 is 5.97 Å². The molecule has 4 nitrogen and oxygen atoms in total. The maximum atomic E-state index is 11.3. The van der Waals surface area contributed by atoms with Gasteiger partial charge in [-0.15, -0.1) is 0 Å². The number of esters is 1. The topological polar surface area (TPSA) is 47.6 Å². The standard InChI is InChI=1S/C10H21NO3/c1-8(13-4)6-11-7-10(2,3)9(12)14-5/h8,11H,6-7H2,1-5H3. The van der Waals surface area contributed by atoms with E-state index in [2.05, 4.69) is 10.1 Å². The van der Waals surface area contributed by atoms with Crippen molar-refractivity contribution in [1.82, 2.24) is 5.32 Å². The molecule has 0 aromatic carbocycles. The van der Waals surface area contributed by atoms with Crippen LogP contribution in [0.4, 0.5) is 0 Å². The molecular weight excluding hydrogens is 182 g/mol. The van der Waals surface area contributed by atoms with Crippen LogP contribution < -0.4 is 5.32 Å². The highest BCUT2D eigenvalue weighted by Crippen LogP contribution is 2.15. The van der Waals surface area contributed by atoms with Crippen LogP contribution in [-0.4, -0.2) is 39.4 Å². The second kappa shape index (κ2) is 5.98. The van der Waals surface area contributed by atoms with E-state index in [-0.39, 0.29) is 12.1 Å². The van der Waals surface area contributed by atoms with Crippen LogP contribution in [0.3, 0.4) is 0 Å². The lowest BCUT2D eigenvalue weighted by Crippen LogP contribution is -2.39. The summed E-state index contributed by atoms with van der Waals surface area (Å²) in [4.78, 5) is 11.3. The second-order valence-electron chi connectivity index (χ2n) is 4.05. The monoisotopic (exact) mass is 203 g/mol. The number of carbonyl (C=O) groups is 1. The highest BCUT2D eigenvalue weighted by atomic mass is 16.5. The number of hydrogen-bond donors (Lipinski definition) is 1. The Morgan fingerprint density at radius 1 is 1.43 bits per heavy atom. The number of methoxy groups -OCH3 is 2. The maximum Gasteiger partial charge on any atom is 0.312 e. The predicted molar refractivity (Wildman–Crippen MR) is 55.1 cm³/mol. The highest BCUT2D eigenvalue weighted by Gasteiger charge is 2.28. The van der Waals surface area contributed by atoms with Gasteiger partial charge in [-0.05, 0) is 20.8 Å². The zero-order chi connectivity index (χ0) is 11.2. The zero-order valence-electron chi connectivity index (χ0n) is 9.72. The molecule has 0 rings (SSSR count). The van der Waals surface area contributed by atoms with Crippen LogP contribution in [0.2, 0.25) is 0 Å². The van der Waals surface area contributed by atoms with Crippen LogP contribution >= 0.6 is 0 Å². The molecule has 0 aliphatic carbocycles. The molecule has 0 heterocycles. The van der Waals surface area contributed by atoms with E-state index in [0.717, 1.165) is 6.54 Å². The Balaban J connectivity index is 3.82. The number of rotatable bonds is 6. The van der Waals surface area contributed by atoms with E-state index < -0.39 is 5.41 Å². The lowest BCUT2D eigenvalue weighted by molar-refractivity contribution is -0.150. The van der Waals surface area contributed by atoms with Crippen molar-refractivity contribution in [2.45, 2.75) is 26.9 Å². The summed E-state index contributed by atoms with van der Waals surface area (Å²) in [5, 5.41) is 3.17. The molecule has 1 N–H and O–H groups in total. The SMILES string of the molecule is COC(=O)C(C)(C)CNCC(C)OC. The molecule has 0 bridgehead atoms.